The molecule has 8 heteroatoms. The van der Waals surface area contributed by atoms with Crippen molar-refractivity contribution in [3.63, 3.8) is 0 Å². The molecule has 1 aromatic heterocycles. The molecule has 1 N–H and O–H groups in total. The monoisotopic (exact) mass is 478 g/mol. The molecule has 8 nitrogen and oxygen atoms in total. The Balaban J connectivity index is 1.54. The summed E-state index contributed by atoms with van der Waals surface area (Å²) in [4.78, 5) is 37.2. The van der Waals surface area contributed by atoms with Crippen LogP contribution >= 0.6 is 0 Å². The van der Waals surface area contributed by atoms with Crippen LogP contribution < -0.4 is 4.90 Å². The number of carboxylic acid groups (broad SMARTS) is 1. The Bertz CT molecular complexity index is 1550. The fourth-order valence-corrected chi connectivity index (χ4v) is 4.02. The van der Waals surface area contributed by atoms with Crippen LogP contribution in [0.25, 0.3) is 23.1 Å². The van der Waals surface area contributed by atoms with E-state index >= 15 is 0 Å². The number of hydrogen-bond donors (Lipinski definition) is 1. The van der Waals surface area contributed by atoms with Crippen LogP contribution in [0.1, 0.15) is 21.7 Å². The molecule has 0 fully saturated rings. The maximum atomic E-state index is 13.5. The number of carboxylic acids is 1. The van der Waals surface area contributed by atoms with E-state index in [1.54, 1.807) is 54.6 Å². The van der Waals surface area contributed by atoms with Gasteiger partial charge in [0.25, 0.3) is 11.6 Å². The number of rotatable bonds is 6. The van der Waals surface area contributed by atoms with Gasteiger partial charge in [-0.2, -0.15) is 0 Å². The van der Waals surface area contributed by atoms with Gasteiger partial charge in [-0.05, 0) is 60.2 Å². The molecule has 2 heterocycles. The predicted molar refractivity (Wildman–Crippen MR) is 134 cm³/mol. The second kappa shape index (κ2) is 9.19. The second-order valence-corrected chi connectivity index (χ2v) is 7.96. The third-order valence-corrected chi connectivity index (χ3v) is 5.72. The number of benzene rings is 3. The predicted octanol–water partition coefficient (Wildman–Crippen LogP) is 6.02. The molecule has 1 aliphatic rings. The van der Waals surface area contributed by atoms with Crippen molar-refractivity contribution in [3.8, 4) is 11.3 Å². The average molecular weight is 478 g/mol. The zero-order valence-corrected chi connectivity index (χ0v) is 18.7. The van der Waals surface area contributed by atoms with Gasteiger partial charge in [0.15, 0.2) is 0 Å². The summed E-state index contributed by atoms with van der Waals surface area (Å²) < 4.78 is 5.85. The lowest BCUT2D eigenvalue weighted by molar-refractivity contribution is -0.384. The van der Waals surface area contributed by atoms with Crippen LogP contribution in [0.4, 0.5) is 11.4 Å². The lowest BCUT2D eigenvalue weighted by Crippen LogP contribution is -2.25. The van der Waals surface area contributed by atoms with Gasteiger partial charge >= 0.3 is 5.97 Å². The Morgan fingerprint density at radius 3 is 2.31 bits per heavy atom. The first-order chi connectivity index (χ1) is 17.4. The summed E-state index contributed by atoms with van der Waals surface area (Å²) in [6.45, 7) is 0. The zero-order chi connectivity index (χ0) is 25.2. The molecule has 0 spiro atoms. The molecule has 0 bridgehead atoms. The van der Waals surface area contributed by atoms with E-state index in [0.717, 1.165) is 5.56 Å². The van der Waals surface area contributed by atoms with Gasteiger partial charge in [-0.25, -0.2) is 4.79 Å². The Morgan fingerprint density at radius 2 is 1.61 bits per heavy atom. The first-order valence-corrected chi connectivity index (χ1v) is 10.9. The number of amides is 1. The van der Waals surface area contributed by atoms with E-state index in [9.17, 15) is 24.8 Å². The number of carbonyl (C=O) groups is 2. The van der Waals surface area contributed by atoms with Crippen LogP contribution in [0, 0.1) is 10.1 Å². The molecular weight excluding hydrogens is 460 g/mol. The third-order valence-electron chi connectivity index (χ3n) is 5.72. The van der Waals surface area contributed by atoms with Crippen LogP contribution in [-0.2, 0) is 4.79 Å². The summed E-state index contributed by atoms with van der Waals surface area (Å²) in [7, 11) is 0. The van der Waals surface area contributed by atoms with Gasteiger partial charge < -0.3 is 9.52 Å². The zero-order valence-electron chi connectivity index (χ0n) is 18.7. The van der Waals surface area contributed by atoms with Crippen molar-refractivity contribution in [1.29, 1.82) is 0 Å². The van der Waals surface area contributed by atoms with Crippen molar-refractivity contribution in [3.05, 3.63) is 130 Å². The summed E-state index contributed by atoms with van der Waals surface area (Å²) in [5, 5.41) is 20.6. The van der Waals surface area contributed by atoms with Gasteiger partial charge in [0.05, 0.1) is 21.7 Å². The molecule has 176 valence electrons. The molecule has 0 aliphatic carbocycles. The minimum atomic E-state index is -1.05. The van der Waals surface area contributed by atoms with Gasteiger partial charge in [0.2, 0.25) is 0 Å². The van der Waals surface area contributed by atoms with Gasteiger partial charge in [-0.1, -0.05) is 42.5 Å². The fraction of sp³-hybridized carbons (Fsp3) is 0. The fourth-order valence-electron chi connectivity index (χ4n) is 4.02. The third kappa shape index (κ3) is 4.19. The van der Waals surface area contributed by atoms with Crippen molar-refractivity contribution < 1.29 is 24.0 Å². The number of furan rings is 1. The summed E-state index contributed by atoms with van der Waals surface area (Å²) in [6, 6.07) is 24.9. The second-order valence-electron chi connectivity index (χ2n) is 7.96. The molecule has 5 rings (SSSR count). The number of hydrogen-bond acceptors (Lipinski definition) is 5. The van der Waals surface area contributed by atoms with E-state index in [4.69, 9.17) is 4.42 Å². The highest BCUT2D eigenvalue weighted by Crippen LogP contribution is 2.36. The maximum absolute atomic E-state index is 13.5. The van der Waals surface area contributed by atoms with Gasteiger partial charge in [-0.15, -0.1) is 0 Å². The topological polar surface area (TPSA) is 114 Å². The molecule has 1 amide bonds. The molecule has 1 aliphatic heterocycles. The van der Waals surface area contributed by atoms with Crippen molar-refractivity contribution in [2.24, 2.45) is 0 Å². The van der Waals surface area contributed by atoms with Gasteiger partial charge in [-0.3, -0.25) is 19.8 Å². The maximum Gasteiger partial charge on any atom is 0.335 e. The molecule has 3 aromatic carbocycles. The first kappa shape index (κ1) is 22.5. The quantitative estimate of drug-likeness (QED) is 0.206. The molecule has 0 unspecified atom stereocenters. The summed E-state index contributed by atoms with van der Waals surface area (Å²) >= 11 is 0. The number of aromatic carboxylic acids is 1. The summed E-state index contributed by atoms with van der Waals surface area (Å²) in [5.74, 6) is -0.701. The van der Waals surface area contributed by atoms with Crippen molar-refractivity contribution >= 4 is 35.0 Å². The standard InChI is InChI=1S/C28H18N2O6/c31-27-20(16-22-14-15-26(36-22)23-8-4-5-9-24(23)30(34)35)17-25(18-6-2-1-3-7-18)29(27)21-12-10-19(11-13-21)28(32)33/h1-17H,(H,32,33)/b20-16+. The highest BCUT2D eigenvalue weighted by atomic mass is 16.6. The Morgan fingerprint density at radius 1 is 0.917 bits per heavy atom. The number of carbonyl (C=O) groups excluding carboxylic acids is 1. The Labute approximate surface area is 205 Å². The highest BCUT2D eigenvalue weighted by molar-refractivity contribution is 6.23. The molecule has 0 saturated carbocycles. The van der Waals surface area contributed by atoms with E-state index in [1.807, 2.05) is 30.3 Å². The first-order valence-electron chi connectivity index (χ1n) is 10.9. The number of para-hydroxylation sites is 1. The summed E-state index contributed by atoms with van der Waals surface area (Å²) in [5.41, 5.74) is 2.67. The highest BCUT2D eigenvalue weighted by Gasteiger charge is 2.31. The number of anilines is 1. The van der Waals surface area contributed by atoms with Crippen molar-refractivity contribution in [2.75, 3.05) is 4.90 Å². The SMILES string of the molecule is O=C(O)c1ccc(N2C(=O)/C(=C/c3ccc(-c4ccccc4[N+](=O)[O-])o3)C=C2c2ccccc2)cc1. The number of nitrogens with zero attached hydrogens (tertiary/aromatic N) is 2. The van der Waals surface area contributed by atoms with Gasteiger partial charge in [0, 0.05) is 17.3 Å². The molecule has 0 saturated heterocycles. The van der Waals surface area contributed by atoms with Crippen LogP contribution in [0.5, 0.6) is 0 Å². The molecule has 0 atom stereocenters. The molecule has 36 heavy (non-hydrogen) atoms. The van der Waals surface area contributed by atoms with E-state index in [2.05, 4.69) is 0 Å². The van der Waals surface area contributed by atoms with Gasteiger partial charge in [0.1, 0.15) is 11.5 Å². The average Bonchev–Trinajstić information content (AvgIpc) is 3.49. The smallest absolute Gasteiger partial charge is 0.335 e. The Kier molecular flexibility index (Phi) is 5.75. The van der Waals surface area contributed by atoms with E-state index < -0.39 is 10.9 Å². The van der Waals surface area contributed by atoms with E-state index in [1.165, 1.54) is 23.1 Å². The lowest BCUT2D eigenvalue weighted by atomic mass is 10.1. The summed E-state index contributed by atoms with van der Waals surface area (Å²) in [6.07, 6.45) is 3.31. The Hall–Kier alpha value is -5.24. The minimum Gasteiger partial charge on any atom is -0.478 e. The molecule has 4 aromatic rings. The molecular formula is C28H18N2O6. The largest absolute Gasteiger partial charge is 0.478 e. The van der Waals surface area contributed by atoms with Crippen LogP contribution in [0.2, 0.25) is 0 Å². The van der Waals surface area contributed by atoms with Crippen LogP contribution in [0.15, 0.2) is 107 Å². The normalized spacial score (nSPS) is 14.2. The number of nitro groups is 1. The van der Waals surface area contributed by atoms with Crippen molar-refractivity contribution in [2.45, 2.75) is 0 Å². The van der Waals surface area contributed by atoms with E-state index in [0.29, 0.717) is 34.0 Å². The van der Waals surface area contributed by atoms with Crippen LogP contribution in [0.3, 0.4) is 0 Å². The van der Waals surface area contributed by atoms with E-state index in [-0.39, 0.29) is 17.2 Å². The molecule has 0 radical (unpaired) electrons. The van der Waals surface area contributed by atoms with Crippen LogP contribution in [-0.4, -0.2) is 21.9 Å². The lowest BCUT2D eigenvalue weighted by Gasteiger charge is -2.21. The number of nitro benzene ring substituents is 1. The van der Waals surface area contributed by atoms with Crippen molar-refractivity contribution in [1.82, 2.24) is 0 Å². The minimum absolute atomic E-state index is 0.0785.